The summed E-state index contributed by atoms with van der Waals surface area (Å²) in [6.45, 7) is 4.83. The molecule has 1 aromatic heterocycles. The van der Waals surface area contributed by atoms with E-state index in [2.05, 4.69) is 10.2 Å². The van der Waals surface area contributed by atoms with Gasteiger partial charge < -0.3 is 10.2 Å². The summed E-state index contributed by atoms with van der Waals surface area (Å²) in [4.78, 5) is 32.7. The van der Waals surface area contributed by atoms with E-state index in [-0.39, 0.29) is 11.5 Å². The maximum atomic E-state index is 12.9. The number of nitrogens with zero attached hydrogens (tertiary/aromatic N) is 3. The highest BCUT2D eigenvalue weighted by atomic mass is 16.1. The standard InChI is InChI=1S/C23H32N4O2/c28-22(24-12-8-15-26-13-5-3-6-14-26)18-10-11-19-20(17-18)25-21-9-4-1-2-7-16-27(21)23(19)29/h10-11,17H,1-9,12-16H2,(H,24,28). The number of likely N-dealkylation sites (tertiary alicyclic amines) is 1. The van der Waals surface area contributed by atoms with E-state index in [9.17, 15) is 9.59 Å². The summed E-state index contributed by atoms with van der Waals surface area (Å²) in [6.07, 6.45) is 10.2. The van der Waals surface area contributed by atoms with Gasteiger partial charge in [0.2, 0.25) is 0 Å². The van der Waals surface area contributed by atoms with Crippen molar-refractivity contribution in [2.45, 2.75) is 64.3 Å². The lowest BCUT2D eigenvalue weighted by molar-refractivity contribution is 0.0951. The fourth-order valence-electron chi connectivity index (χ4n) is 4.53. The number of hydrogen-bond acceptors (Lipinski definition) is 4. The van der Waals surface area contributed by atoms with Crippen LogP contribution >= 0.6 is 0 Å². The van der Waals surface area contributed by atoms with Crippen molar-refractivity contribution >= 4 is 16.8 Å². The van der Waals surface area contributed by atoms with E-state index in [0.717, 1.165) is 44.6 Å². The van der Waals surface area contributed by atoms with Gasteiger partial charge in [-0.2, -0.15) is 0 Å². The lowest BCUT2D eigenvalue weighted by Crippen LogP contribution is -2.33. The Labute approximate surface area is 172 Å². The molecule has 0 bridgehead atoms. The molecule has 1 amide bonds. The van der Waals surface area contributed by atoms with E-state index in [1.807, 2.05) is 4.57 Å². The minimum Gasteiger partial charge on any atom is -0.352 e. The molecule has 2 aliphatic rings. The van der Waals surface area contributed by atoms with Crippen molar-refractivity contribution < 1.29 is 4.79 Å². The molecule has 2 aliphatic heterocycles. The molecular formula is C23H32N4O2. The molecule has 6 nitrogen and oxygen atoms in total. The highest BCUT2D eigenvalue weighted by molar-refractivity contribution is 5.97. The van der Waals surface area contributed by atoms with E-state index in [1.54, 1.807) is 18.2 Å². The van der Waals surface area contributed by atoms with Gasteiger partial charge in [-0.3, -0.25) is 14.2 Å². The molecule has 0 aliphatic carbocycles. The summed E-state index contributed by atoms with van der Waals surface area (Å²) >= 11 is 0. The molecule has 1 fully saturated rings. The zero-order chi connectivity index (χ0) is 20.1. The Morgan fingerprint density at radius 1 is 1.00 bits per heavy atom. The number of nitrogens with one attached hydrogen (secondary N) is 1. The summed E-state index contributed by atoms with van der Waals surface area (Å²) < 4.78 is 1.84. The largest absolute Gasteiger partial charge is 0.352 e. The van der Waals surface area contributed by atoms with Crippen LogP contribution in [0.5, 0.6) is 0 Å². The third kappa shape index (κ3) is 4.86. The van der Waals surface area contributed by atoms with E-state index in [1.165, 1.54) is 45.2 Å². The average Bonchev–Trinajstić information content (AvgIpc) is 2.73. The third-order valence-corrected chi connectivity index (χ3v) is 6.21. The summed E-state index contributed by atoms with van der Waals surface area (Å²) in [5.41, 5.74) is 1.25. The summed E-state index contributed by atoms with van der Waals surface area (Å²) in [5, 5.41) is 3.63. The second kappa shape index (κ2) is 9.53. The van der Waals surface area contributed by atoms with Crippen molar-refractivity contribution in [2.24, 2.45) is 0 Å². The van der Waals surface area contributed by atoms with Crippen molar-refractivity contribution in [3.63, 3.8) is 0 Å². The third-order valence-electron chi connectivity index (χ3n) is 6.21. The number of piperidine rings is 1. The summed E-state index contributed by atoms with van der Waals surface area (Å²) in [5.74, 6) is 0.778. The number of aryl methyl sites for hydroxylation is 1. The zero-order valence-corrected chi connectivity index (χ0v) is 17.3. The fraction of sp³-hybridized carbons (Fsp3) is 0.609. The van der Waals surface area contributed by atoms with Gasteiger partial charge in [0.05, 0.1) is 10.9 Å². The lowest BCUT2D eigenvalue weighted by atomic mass is 10.1. The van der Waals surface area contributed by atoms with Crippen molar-refractivity contribution in [3.05, 3.63) is 39.9 Å². The van der Waals surface area contributed by atoms with Crippen LogP contribution in [0.3, 0.4) is 0 Å². The SMILES string of the molecule is O=C(NCCCN1CCCCC1)c1ccc2c(=O)n3c(nc2c1)CCCCCC3. The van der Waals surface area contributed by atoms with Crippen molar-refractivity contribution in [2.75, 3.05) is 26.2 Å². The molecule has 2 aromatic rings. The minimum absolute atomic E-state index is 0.0281. The molecular weight excluding hydrogens is 364 g/mol. The second-order valence-electron chi connectivity index (χ2n) is 8.39. The Morgan fingerprint density at radius 2 is 1.76 bits per heavy atom. The molecule has 6 heteroatoms. The van der Waals surface area contributed by atoms with Gasteiger partial charge in [0, 0.05) is 25.1 Å². The molecule has 0 saturated carbocycles. The van der Waals surface area contributed by atoms with Gasteiger partial charge in [0.15, 0.2) is 0 Å². The number of hydrogen-bond donors (Lipinski definition) is 1. The maximum Gasteiger partial charge on any atom is 0.261 e. The van der Waals surface area contributed by atoms with Gasteiger partial charge in [-0.1, -0.05) is 19.3 Å². The van der Waals surface area contributed by atoms with Crippen molar-refractivity contribution in [1.29, 1.82) is 0 Å². The zero-order valence-electron chi connectivity index (χ0n) is 17.3. The van der Waals surface area contributed by atoms with Gasteiger partial charge in [-0.25, -0.2) is 4.98 Å². The van der Waals surface area contributed by atoms with Crippen LogP contribution in [-0.4, -0.2) is 46.5 Å². The predicted octanol–water partition coefficient (Wildman–Crippen LogP) is 3.12. The molecule has 3 heterocycles. The Morgan fingerprint density at radius 3 is 2.62 bits per heavy atom. The Bertz CT molecular complexity index is 915. The van der Waals surface area contributed by atoms with Crippen molar-refractivity contribution in [1.82, 2.24) is 19.8 Å². The van der Waals surface area contributed by atoms with Gasteiger partial charge >= 0.3 is 0 Å². The fourth-order valence-corrected chi connectivity index (χ4v) is 4.53. The highest BCUT2D eigenvalue weighted by Gasteiger charge is 2.15. The van der Waals surface area contributed by atoms with Crippen LogP contribution in [-0.2, 0) is 13.0 Å². The van der Waals surface area contributed by atoms with Crippen LogP contribution in [0, 0.1) is 0 Å². The van der Waals surface area contributed by atoms with Crippen LogP contribution in [0.1, 0.15) is 67.5 Å². The van der Waals surface area contributed by atoms with Crippen molar-refractivity contribution in [3.8, 4) is 0 Å². The first-order valence-electron chi connectivity index (χ1n) is 11.3. The monoisotopic (exact) mass is 396 g/mol. The normalized spacial score (nSPS) is 18.1. The van der Waals surface area contributed by atoms with E-state index in [4.69, 9.17) is 4.98 Å². The summed E-state index contributed by atoms with van der Waals surface area (Å²) in [7, 11) is 0. The molecule has 1 aromatic carbocycles. The number of amides is 1. The Kier molecular flexibility index (Phi) is 6.60. The van der Waals surface area contributed by atoms with E-state index in [0.29, 0.717) is 23.0 Å². The smallest absolute Gasteiger partial charge is 0.261 e. The van der Waals surface area contributed by atoms with Gasteiger partial charge in [-0.15, -0.1) is 0 Å². The number of carbonyl (C=O) groups is 1. The van der Waals surface area contributed by atoms with E-state index >= 15 is 0 Å². The van der Waals surface area contributed by atoms with Gasteiger partial charge in [0.25, 0.3) is 11.5 Å². The summed E-state index contributed by atoms with van der Waals surface area (Å²) in [6, 6.07) is 5.29. The molecule has 0 radical (unpaired) electrons. The van der Waals surface area contributed by atoms with Gasteiger partial charge in [-0.05, 0) is 69.9 Å². The molecule has 1 saturated heterocycles. The molecule has 0 spiro atoms. The maximum absolute atomic E-state index is 12.9. The quantitative estimate of drug-likeness (QED) is 0.789. The molecule has 156 valence electrons. The van der Waals surface area contributed by atoms with Crippen LogP contribution in [0.15, 0.2) is 23.0 Å². The van der Waals surface area contributed by atoms with Crippen LogP contribution < -0.4 is 10.9 Å². The number of fused-ring (bicyclic) bond motifs is 2. The molecule has 0 unspecified atom stereocenters. The molecule has 4 rings (SSSR count). The number of carbonyl (C=O) groups excluding carboxylic acids is 1. The molecule has 0 atom stereocenters. The minimum atomic E-state index is -0.0841. The van der Waals surface area contributed by atoms with Crippen LogP contribution in [0.25, 0.3) is 10.9 Å². The Balaban J connectivity index is 1.43. The van der Waals surface area contributed by atoms with Crippen LogP contribution in [0.4, 0.5) is 0 Å². The number of aromatic nitrogens is 2. The first-order chi connectivity index (χ1) is 14.2. The molecule has 29 heavy (non-hydrogen) atoms. The predicted molar refractivity (Wildman–Crippen MR) is 115 cm³/mol. The highest BCUT2D eigenvalue weighted by Crippen LogP contribution is 2.16. The first kappa shape index (κ1) is 20.1. The number of rotatable bonds is 5. The van der Waals surface area contributed by atoms with Gasteiger partial charge in [0.1, 0.15) is 5.82 Å². The van der Waals surface area contributed by atoms with Crippen LogP contribution in [0.2, 0.25) is 0 Å². The lowest BCUT2D eigenvalue weighted by Gasteiger charge is -2.26. The number of benzene rings is 1. The Hall–Kier alpha value is -2.21. The average molecular weight is 397 g/mol. The second-order valence-corrected chi connectivity index (χ2v) is 8.39. The first-order valence-corrected chi connectivity index (χ1v) is 11.3. The topological polar surface area (TPSA) is 67.2 Å². The van der Waals surface area contributed by atoms with E-state index < -0.39 is 0 Å². The molecule has 1 N–H and O–H groups in total.